The van der Waals surface area contributed by atoms with Gasteiger partial charge < -0.3 is 4.90 Å². The molecular weight excluding hydrogens is 398 g/mol. The number of halogens is 1. The molecule has 7 nitrogen and oxygen atoms in total. The summed E-state index contributed by atoms with van der Waals surface area (Å²) in [6.45, 7) is 1.84. The second kappa shape index (κ2) is 7.83. The average Bonchev–Trinajstić information content (AvgIpc) is 2.75. The first-order chi connectivity index (χ1) is 13.6. The number of sulfonamides is 1. The van der Waals surface area contributed by atoms with Gasteiger partial charge in [-0.15, -0.1) is 10.2 Å². The summed E-state index contributed by atoms with van der Waals surface area (Å²) < 4.78 is 26.9. The summed E-state index contributed by atoms with van der Waals surface area (Å²) in [6.07, 6.45) is 2.93. The van der Waals surface area contributed by atoms with Gasteiger partial charge in [0, 0.05) is 44.1 Å². The highest BCUT2D eigenvalue weighted by Crippen LogP contribution is 2.26. The van der Waals surface area contributed by atoms with Crippen LogP contribution in [0.2, 0.25) is 5.02 Å². The fraction of sp³-hybridized carbons (Fsp3) is 0.211. The number of piperazine rings is 1. The Morgan fingerprint density at radius 3 is 2.32 bits per heavy atom. The third-order valence-electron chi connectivity index (χ3n) is 4.64. The van der Waals surface area contributed by atoms with Gasteiger partial charge in [-0.2, -0.15) is 4.31 Å². The fourth-order valence-electron chi connectivity index (χ4n) is 3.11. The minimum atomic E-state index is -3.52. The van der Waals surface area contributed by atoms with E-state index in [0.717, 1.165) is 5.56 Å². The number of rotatable bonds is 4. The predicted octanol–water partition coefficient (Wildman–Crippen LogP) is 2.70. The Balaban J connectivity index is 1.45. The Morgan fingerprint density at radius 1 is 0.893 bits per heavy atom. The molecule has 9 heteroatoms. The number of anilines is 1. The maximum absolute atomic E-state index is 12.7. The molecule has 3 aromatic rings. The monoisotopic (exact) mass is 415 g/mol. The molecule has 0 N–H and O–H groups in total. The van der Waals surface area contributed by atoms with E-state index in [1.165, 1.54) is 10.5 Å². The van der Waals surface area contributed by atoms with Gasteiger partial charge >= 0.3 is 0 Å². The number of benzene rings is 1. The summed E-state index contributed by atoms with van der Waals surface area (Å²) in [7, 11) is -3.52. The van der Waals surface area contributed by atoms with E-state index in [1.807, 2.05) is 41.3 Å². The second-order valence-electron chi connectivity index (χ2n) is 6.34. The zero-order valence-electron chi connectivity index (χ0n) is 14.9. The SMILES string of the molecule is O=S(=O)(c1cccnc1)N1CCN(c2ccc(-c3ccccc3Cl)nn2)CC1. The molecule has 0 bridgehead atoms. The Labute approximate surface area is 168 Å². The van der Waals surface area contributed by atoms with Gasteiger partial charge in [0.2, 0.25) is 10.0 Å². The lowest BCUT2D eigenvalue weighted by Crippen LogP contribution is -2.49. The molecule has 0 spiro atoms. The van der Waals surface area contributed by atoms with Crippen LogP contribution in [0, 0.1) is 0 Å². The van der Waals surface area contributed by atoms with Crippen molar-refractivity contribution >= 4 is 27.4 Å². The molecule has 1 aliphatic heterocycles. The lowest BCUT2D eigenvalue weighted by Gasteiger charge is -2.34. The van der Waals surface area contributed by atoms with Crippen molar-refractivity contribution in [3.05, 3.63) is 65.9 Å². The molecule has 28 heavy (non-hydrogen) atoms. The molecule has 1 saturated heterocycles. The molecule has 0 unspecified atom stereocenters. The quantitative estimate of drug-likeness (QED) is 0.651. The van der Waals surface area contributed by atoms with Gasteiger partial charge in [-0.05, 0) is 30.3 Å². The Hall–Kier alpha value is -2.55. The van der Waals surface area contributed by atoms with Crippen LogP contribution in [0.1, 0.15) is 0 Å². The highest BCUT2D eigenvalue weighted by Gasteiger charge is 2.29. The van der Waals surface area contributed by atoms with Gasteiger partial charge in [-0.1, -0.05) is 29.8 Å². The van der Waals surface area contributed by atoms with Crippen LogP contribution in [0.3, 0.4) is 0 Å². The molecule has 4 rings (SSSR count). The molecule has 0 radical (unpaired) electrons. The standard InChI is InChI=1S/C19H18ClN5O2S/c20-17-6-2-1-5-16(17)18-7-8-19(23-22-18)24-10-12-25(13-11-24)28(26,27)15-4-3-9-21-14-15/h1-9,14H,10-13H2. The van der Waals surface area contributed by atoms with Crippen LogP contribution in [0.5, 0.6) is 0 Å². The van der Waals surface area contributed by atoms with Crippen LogP contribution < -0.4 is 4.90 Å². The number of pyridine rings is 1. The zero-order chi connectivity index (χ0) is 19.6. The lowest BCUT2D eigenvalue weighted by atomic mass is 10.1. The number of nitrogens with zero attached hydrogens (tertiary/aromatic N) is 5. The second-order valence-corrected chi connectivity index (χ2v) is 8.68. The van der Waals surface area contributed by atoms with Crippen molar-refractivity contribution in [2.75, 3.05) is 31.1 Å². The van der Waals surface area contributed by atoms with Crippen LogP contribution in [0.15, 0.2) is 65.8 Å². The van der Waals surface area contributed by atoms with Crippen molar-refractivity contribution in [2.24, 2.45) is 0 Å². The summed E-state index contributed by atoms with van der Waals surface area (Å²) in [6, 6.07) is 14.4. The molecule has 1 fully saturated rings. The fourth-order valence-corrected chi connectivity index (χ4v) is 4.73. The molecule has 1 aromatic carbocycles. The van der Waals surface area contributed by atoms with E-state index in [4.69, 9.17) is 11.6 Å². The highest BCUT2D eigenvalue weighted by atomic mass is 35.5. The Bertz CT molecular complexity index is 1050. The first-order valence-electron chi connectivity index (χ1n) is 8.79. The van der Waals surface area contributed by atoms with Gasteiger partial charge in [0.25, 0.3) is 0 Å². The smallest absolute Gasteiger partial charge is 0.244 e. The molecule has 0 amide bonds. The molecular formula is C19H18ClN5O2S. The van der Waals surface area contributed by atoms with Crippen LogP contribution in [-0.4, -0.2) is 54.1 Å². The first-order valence-corrected chi connectivity index (χ1v) is 10.6. The summed E-state index contributed by atoms with van der Waals surface area (Å²) in [5.41, 5.74) is 1.53. The van der Waals surface area contributed by atoms with Crippen LogP contribution in [0.4, 0.5) is 5.82 Å². The van der Waals surface area contributed by atoms with Gasteiger partial charge in [0.05, 0.1) is 10.7 Å². The molecule has 2 aromatic heterocycles. The largest absolute Gasteiger partial charge is 0.352 e. The maximum Gasteiger partial charge on any atom is 0.244 e. The van der Waals surface area contributed by atoms with E-state index in [2.05, 4.69) is 15.2 Å². The van der Waals surface area contributed by atoms with Crippen molar-refractivity contribution in [2.45, 2.75) is 4.90 Å². The minimum absolute atomic E-state index is 0.215. The summed E-state index contributed by atoms with van der Waals surface area (Å²) in [4.78, 5) is 6.15. The number of aromatic nitrogens is 3. The van der Waals surface area contributed by atoms with Crippen molar-refractivity contribution in [1.82, 2.24) is 19.5 Å². The first kappa shape index (κ1) is 18.8. The molecule has 144 valence electrons. The summed E-state index contributed by atoms with van der Waals surface area (Å²) >= 11 is 6.21. The van der Waals surface area contributed by atoms with Crippen molar-refractivity contribution in [1.29, 1.82) is 0 Å². The minimum Gasteiger partial charge on any atom is -0.352 e. The van der Waals surface area contributed by atoms with Crippen LogP contribution in [-0.2, 0) is 10.0 Å². The third-order valence-corrected chi connectivity index (χ3v) is 6.85. The van der Waals surface area contributed by atoms with Gasteiger partial charge in [-0.25, -0.2) is 8.42 Å². The highest BCUT2D eigenvalue weighted by molar-refractivity contribution is 7.89. The van der Waals surface area contributed by atoms with E-state index in [1.54, 1.807) is 18.3 Å². The normalized spacial score (nSPS) is 15.5. The summed E-state index contributed by atoms with van der Waals surface area (Å²) in [5, 5.41) is 9.21. The van der Waals surface area contributed by atoms with Gasteiger partial charge in [0.1, 0.15) is 4.90 Å². The van der Waals surface area contributed by atoms with E-state index in [0.29, 0.717) is 42.7 Å². The van der Waals surface area contributed by atoms with Crippen LogP contribution >= 0.6 is 11.6 Å². The molecule has 0 atom stereocenters. The lowest BCUT2D eigenvalue weighted by molar-refractivity contribution is 0.383. The molecule has 1 aliphatic rings. The van der Waals surface area contributed by atoms with Crippen molar-refractivity contribution < 1.29 is 8.42 Å². The molecule has 3 heterocycles. The number of hydrogen-bond donors (Lipinski definition) is 0. The summed E-state index contributed by atoms with van der Waals surface area (Å²) in [5.74, 6) is 0.717. The topological polar surface area (TPSA) is 79.3 Å². The molecule has 0 saturated carbocycles. The van der Waals surface area contributed by atoms with Gasteiger partial charge in [0.15, 0.2) is 5.82 Å². The zero-order valence-corrected chi connectivity index (χ0v) is 16.5. The molecule has 0 aliphatic carbocycles. The Kier molecular flexibility index (Phi) is 5.25. The average molecular weight is 416 g/mol. The Morgan fingerprint density at radius 2 is 1.68 bits per heavy atom. The van der Waals surface area contributed by atoms with E-state index >= 15 is 0 Å². The van der Waals surface area contributed by atoms with E-state index < -0.39 is 10.0 Å². The number of hydrogen-bond acceptors (Lipinski definition) is 6. The van der Waals surface area contributed by atoms with Gasteiger partial charge in [-0.3, -0.25) is 4.98 Å². The van der Waals surface area contributed by atoms with Crippen molar-refractivity contribution in [3.63, 3.8) is 0 Å². The maximum atomic E-state index is 12.7. The van der Waals surface area contributed by atoms with Crippen LogP contribution in [0.25, 0.3) is 11.3 Å². The van der Waals surface area contributed by atoms with Crippen molar-refractivity contribution in [3.8, 4) is 11.3 Å². The van der Waals surface area contributed by atoms with E-state index in [-0.39, 0.29) is 4.90 Å². The van der Waals surface area contributed by atoms with E-state index in [9.17, 15) is 8.42 Å². The predicted molar refractivity (Wildman–Crippen MR) is 108 cm³/mol. The third kappa shape index (κ3) is 3.71.